The zero-order valence-electron chi connectivity index (χ0n) is 11.2. The van der Waals surface area contributed by atoms with Gasteiger partial charge in [0.05, 0.1) is 5.54 Å². The number of nitrogens with two attached hydrogens (primary N) is 1. The molecule has 0 aliphatic heterocycles. The van der Waals surface area contributed by atoms with Crippen molar-refractivity contribution < 1.29 is 0 Å². The van der Waals surface area contributed by atoms with Gasteiger partial charge in [0, 0.05) is 0 Å². The van der Waals surface area contributed by atoms with Gasteiger partial charge in [-0.1, -0.05) is 67.9 Å². The highest BCUT2D eigenvalue weighted by Crippen LogP contribution is 2.27. The lowest BCUT2D eigenvalue weighted by Crippen LogP contribution is -2.34. The summed E-state index contributed by atoms with van der Waals surface area (Å²) in [5.74, 6) is 0. The smallest absolute Gasteiger partial charge is 0.0637 e. The number of hydrogen-bond acceptors (Lipinski definition) is 1. The third kappa shape index (κ3) is 2.62. The molecule has 2 aromatic rings. The van der Waals surface area contributed by atoms with E-state index in [4.69, 9.17) is 5.73 Å². The molecule has 94 valence electrons. The molecule has 2 rings (SSSR count). The summed E-state index contributed by atoms with van der Waals surface area (Å²) in [6.45, 7) is 4.28. The van der Waals surface area contributed by atoms with Crippen molar-refractivity contribution >= 4 is 0 Å². The van der Waals surface area contributed by atoms with E-state index in [0.717, 1.165) is 18.4 Å². The van der Waals surface area contributed by atoms with Crippen LogP contribution in [-0.4, -0.2) is 0 Å². The average molecular weight is 239 g/mol. The Balaban J connectivity index is 2.38. The van der Waals surface area contributed by atoms with E-state index >= 15 is 0 Å². The summed E-state index contributed by atoms with van der Waals surface area (Å²) < 4.78 is 0. The molecule has 1 heteroatoms. The first-order valence-corrected chi connectivity index (χ1v) is 6.58. The van der Waals surface area contributed by atoms with E-state index < -0.39 is 5.54 Å². The molecular weight excluding hydrogens is 218 g/mol. The fourth-order valence-corrected chi connectivity index (χ4v) is 2.29. The quantitative estimate of drug-likeness (QED) is 0.861. The Morgan fingerprint density at radius 1 is 0.944 bits per heavy atom. The Morgan fingerprint density at radius 2 is 1.61 bits per heavy atom. The third-order valence-corrected chi connectivity index (χ3v) is 3.44. The van der Waals surface area contributed by atoms with Gasteiger partial charge in [0.25, 0.3) is 0 Å². The third-order valence-electron chi connectivity index (χ3n) is 3.44. The molecule has 1 nitrogen and oxygen atoms in total. The largest absolute Gasteiger partial charge is 0.318 e. The van der Waals surface area contributed by atoms with Gasteiger partial charge in [0.15, 0.2) is 0 Å². The minimum Gasteiger partial charge on any atom is -0.318 e. The number of hydrogen-bond donors (Lipinski definition) is 1. The number of aryl methyl sites for hydroxylation is 1. The van der Waals surface area contributed by atoms with Crippen molar-refractivity contribution in [2.75, 3.05) is 0 Å². The molecule has 2 aromatic carbocycles. The van der Waals surface area contributed by atoms with Crippen LogP contribution in [0, 0.1) is 0 Å². The van der Waals surface area contributed by atoms with Crippen molar-refractivity contribution in [3.05, 3.63) is 71.3 Å². The van der Waals surface area contributed by atoms with Crippen LogP contribution in [0.25, 0.3) is 0 Å². The van der Waals surface area contributed by atoms with E-state index in [1.54, 1.807) is 0 Å². The van der Waals surface area contributed by atoms with E-state index in [9.17, 15) is 0 Å². The summed E-state index contributed by atoms with van der Waals surface area (Å²) >= 11 is 0. The monoisotopic (exact) mass is 239 g/mol. The van der Waals surface area contributed by atoms with Crippen LogP contribution in [0.3, 0.4) is 0 Å². The first-order valence-electron chi connectivity index (χ1n) is 6.58. The summed E-state index contributed by atoms with van der Waals surface area (Å²) in [5, 5.41) is 0. The molecule has 1 unspecified atom stereocenters. The Hall–Kier alpha value is -1.60. The van der Waals surface area contributed by atoms with Gasteiger partial charge in [-0.25, -0.2) is 0 Å². The lowest BCUT2D eigenvalue weighted by Gasteiger charge is -2.26. The second kappa shape index (κ2) is 5.36. The second-order valence-corrected chi connectivity index (χ2v) is 5.02. The molecule has 0 aromatic heterocycles. The molecule has 2 N–H and O–H groups in total. The normalized spacial score (nSPS) is 14.2. The Bertz CT molecular complexity index is 500. The van der Waals surface area contributed by atoms with Crippen molar-refractivity contribution in [3.8, 4) is 0 Å². The van der Waals surface area contributed by atoms with Crippen LogP contribution >= 0.6 is 0 Å². The van der Waals surface area contributed by atoms with Gasteiger partial charge in [-0.05, 0) is 30.0 Å². The Labute approximate surface area is 110 Å². The van der Waals surface area contributed by atoms with Gasteiger partial charge in [0.1, 0.15) is 0 Å². The van der Waals surface area contributed by atoms with Crippen molar-refractivity contribution in [2.45, 2.75) is 32.2 Å². The standard InChI is InChI=1S/C17H21N/c1-3-8-14-9-7-12-16(13-14)17(2,18)15-10-5-4-6-11-15/h4-7,9-13H,3,8,18H2,1-2H3. The second-order valence-electron chi connectivity index (χ2n) is 5.02. The predicted octanol–water partition coefficient (Wildman–Crippen LogP) is 3.86. The minimum absolute atomic E-state index is 0.426. The van der Waals surface area contributed by atoms with Gasteiger partial charge in [0.2, 0.25) is 0 Å². The molecule has 0 spiro atoms. The first-order chi connectivity index (χ1) is 8.64. The number of benzene rings is 2. The molecule has 0 heterocycles. The lowest BCUT2D eigenvalue weighted by atomic mass is 9.85. The molecule has 0 aliphatic carbocycles. The van der Waals surface area contributed by atoms with Gasteiger partial charge >= 0.3 is 0 Å². The molecule has 1 atom stereocenters. The fraction of sp³-hybridized carbons (Fsp3) is 0.294. The number of rotatable bonds is 4. The molecule has 0 radical (unpaired) electrons. The molecule has 0 aliphatic rings. The van der Waals surface area contributed by atoms with Gasteiger partial charge in [-0.2, -0.15) is 0 Å². The topological polar surface area (TPSA) is 26.0 Å². The van der Waals surface area contributed by atoms with Crippen molar-refractivity contribution in [1.82, 2.24) is 0 Å². The maximum atomic E-state index is 6.52. The van der Waals surface area contributed by atoms with Gasteiger partial charge in [-0.15, -0.1) is 0 Å². The molecule has 0 fully saturated rings. The SMILES string of the molecule is CCCc1cccc(C(C)(N)c2ccccc2)c1. The highest BCUT2D eigenvalue weighted by molar-refractivity contribution is 5.38. The highest BCUT2D eigenvalue weighted by atomic mass is 14.7. The van der Waals surface area contributed by atoms with Crippen LogP contribution in [0.1, 0.15) is 37.0 Å². The fourth-order valence-electron chi connectivity index (χ4n) is 2.29. The van der Waals surface area contributed by atoms with Gasteiger partial charge < -0.3 is 5.73 Å². The van der Waals surface area contributed by atoms with E-state index in [2.05, 4.69) is 50.2 Å². The van der Waals surface area contributed by atoms with Crippen LogP contribution in [0.15, 0.2) is 54.6 Å². The van der Waals surface area contributed by atoms with Crippen LogP contribution in [0.5, 0.6) is 0 Å². The van der Waals surface area contributed by atoms with E-state index in [0.29, 0.717) is 0 Å². The summed E-state index contributed by atoms with van der Waals surface area (Å²) in [4.78, 5) is 0. The molecule has 0 saturated carbocycles. The van der Waals surface area contributed by atoms with Crippen LogP contribution in [0.4, 0.5) is 0 Å². The summed E-state index contributed by atoms with van der Waals surface area (Å²) in [7, 11) is 0. The summed E-state index contributed by atoms with van der Waals surface area (Å²) in [5.41, 5.74) is 9.79. The zero-order chi connectivity index (χ0) is 13.0. The maximum Gasteiger partial charge on any atom is 0.0637 e. The van der Waals surface area contributed by atoms with Crippen molar-refractivity contribution in [3.63, 3.8) is 0 Å². The molecule has 0 bridgehead atoms. The average Bonchev–Trinajstić information content (AvgIpc) is 2.40. The van der Waals surface area contributed by atoms with Crippen LogP contribution in [-0.2, 0) is 12.0 Å². The van der Waals surface area contributed by atoms with E-state index in [1.807, 2.05) is 18.2 Å². The van der Waals surface area contributed by atoms with Gasteiger partial charge in [-0.3, -0.25) is 0 Å². The zero-order valence-corrected chi connectivity index (χ0v) is 11.2. The highest BCUT2D eigenvalue weighted by Gasteiger charge is 2.23. The van der Waals surface area contributed by atoms with Crippen LogP contribution < -0.4 is 5.73 Å². The molecule has 18 heavy (non-hydrogen) atoms. The van der Waals surface area contributed by atoms with E-state index in [1.165, 1.54) is 11.1 Å². The molecule has 0 saturated heterocycles. The minimum atomic E-state index is -0.426. The molecular formula is C17H21N. The maximum absolute atomic E-state index is 6.52. The van der Waals surface area contributed by atoms with Crippen LogP contribution in [0.2, 0.25) is 0 Å². The lowest BCUT2D eigenvalue weighted by molar-refractivity contribution is 0.602. The van der Waals surface area contributed by atoms with Crippen molar-refractivity contribution in [2.24, 2.45) is 5.73 Å². The first kappa shape index (κ1) is 12.8. The van der Waals surface area contributed by atoms with E-state index in [-0.39, 0.29) is 0 Å². The Morgan fingerprint density at radius 3 is 2.28 bits per heavy atom. The summed E-state index contributed by atoms with van der Waals surface area (Å²) in [6.07, 6.45) is 2.27. The molecule has 0 amide bonds. The summed E-state index contributed by atoms with van der Waals surface area (Å²) in [6, 6.07) is 18.9. The van der Waals surface area contributed by atoms with Crippen molar-refractivity contribution in [1.29, 1.82) is 0 Å². The Kier molecular flexibility index (Phi) is 3.83. The predicted molar refractivity (Wildman–Crippen MR) is 77.5 cm³/mol.